The SMILES string of the molecule is O=C(c1ccc(OCCCN2CCCCC2)cc1Cl)N1Cc2ccc(F)cc2C1. The van der Waals surface area contributed by atoms with Gasteiger partial charge in [0.2, 0.25) is 0 Å². The Morgan fingerprint density at radius 3 is 2.62 bits per heavy atom. The topological polar surface area (TPSA) is 32.8 Å². The number of hydrogen-bond acceptors (Lipinski definition) is 3. The predicted octanol–water partition coefficient (Wildman–Crippen LogP) is 4.89. The largest absolute Gasteiger partial charge is 0.493 e. The highest BCUT2D eigenvalue weighted by Crippen LogP contribution is 2.29. The van der Waals surface area contributed by atoms with Gasteiger partial charge in [-0.05, 0) is 73.8 Å². The molecule has 6 heteroatoms. The molecule has 0 atom stereocenters. The molecule has 4 rings (SSSR count). The van der Waals surface area contributed by atoms with E-state index in [1.54, 1.807) is 29.2 Å². The fourth-order valence-electron chi connectivity index (χ4n) is 4.10. The van der Waals surface area contributed by atoms with Crippen LogP contribution in [0.3, 0.4) is 0 Å². The van der Waals surface area contributed by atoms with Gasteiger partial charge < -0.3 is 14.5 Å². The lowest BCUT2D eigenvalue weighted by atomic mass is 10.1. The molecule has 0 unspecified atom stereocenters. The predicted molar refractivity (Wildman–Crippen MR) is 112 cm³/mol. The van der Waals surface area contributed by atoms with E-state index in [-0.39, 0.29) is 11.7 Å². The van der Waals surface area contributed by atoms with Crippen LogP contribution in [0.2, 0.25) is 5.02 Å². The number of carbonyl (C=O) groups is 1. The van der Waals surface area contributed by atoms with Crippen LogP contribution in [0.5, 0.6) is 5.75 Å². The molecule has 4 nitrogen and oxygen atoms in total. The normalized spacial score (nSPS) is 16.7. The van der Waals surface area contributed by atoms with Crippen molar-refractivity contribution >= 4 is 17.5 Å². The second kappa shape index (κ2) is 9.14. The van der Waals surface area contributed by atoms with E-state index in [0.29, 0.717) is 36.0 Å². The standard InChI is InChI=1S/C23H26ClFN2O2/c24-22-14-20(29-12-4-11-26-9-2-1-3-10-26)7-8-21(22)23(28)27-15-17-5-6-19(25)13-18(17)16-27/h5-8,13-14H,1-4,9-12,15-16H2. The number of likely N-dealkylation sites (tertiary alicyclic amines) is 1. The summed E-state index contributed by atoms with van der Waals surface area (Å²) in [6.45, 7) is 4.94. The van der Waals surface area contributed by atoms with E-state index in [1.807, 2.05) is 0 Å². The van der Waals surface area contributed by atoms with Gasteiger partial charge in [-0.3, -0.25) is 4.79 Å². The van der Waals surface area contributed by atoms with E-state index < -0.39 is 0 Å². The van der Waals surface area contributed by atoms with Crippen LogP contribution in [0.1, 0.15) is 47.2 Å². The van der Waals surface area contributed by atoms with E-state index in [2.05, 4.69) is 4.90 Å². The summed E-state index contributed by atoms with van der Waals surface area (Å²) in [5, 5.41) is 0.380. The van der Waals surface area contributed by atoms with E-state index in [0.717, 1.165) is 24.1 Å². The van der Waals surface area contributed by atoms with Crippen LogP contribution in [0.4, 0.5) is 4.39 Å². The Kier molecular flexibility index (Phi) is 6.36. The van der Waals surface area contributed by atoms with Crippen LogP contribution < -0.4 is 4.74 Å². The molecule has 1 amide bonds. The van der Waals surface area contributed by atoms with Gasteiger partial charge in [0, 0.05) is 19.6 Å². The molecule has 29 heavy (non-hydrogen) atoms. The average molecular weight is 417 g/mol. The summed E-state index contributed by atoms with van der Waals surface area (Å²) in [7, 11) is 0. The molecule has 0 saturated carbocycles. The maximum absolute atomic E-state index is 13.4. The van der Waals surface area contributed by atoms with Crippen molar-refractivity contribution in [3.8, 4) is 5.75 Å². The van der Waals surface area contributed by atoms with Crippen molar-refractivity contribution in [2.75, 3.05) is 26.2 Å². The monoisotopic (exact) mass is 416 g/mol. The summed E-state index contributed by atoms with van der Waals surface area (Å²) in [6, 6.07) is 9.87. The van der Waals surface area contributed by atoms with E-state index >= 15 is 0 Å². The fourth-order valence-corrected chi connectivity index (χ4v) is 4.35. The number of halogens is 2. The quantitative estimate of drug-likeness (QED) is 0.628. The number of carbonyl (C=O) groups excluding carboxylic acids is 1. The van der Waals surface area contributed by atoms with Crippen molar-refractivity contribution < 1.29 is 13.9 Å². The number of ether oxygens (including phenoxy) is 1. The molecule has 2 aliphatic heterocycles. The smallest absolute Gasteiger partial charge is 0.255 e. The third kappa shape index (κ3) is 4.90. The first-order valence-corrected chi connectivity index (χ1v) is 10.7. The summed E-state index contributed by atoms with van der Waals surface area (Å²) >= 11 is 6.38. The van der Waals surface area contributed by atoms with Crippen LogP contribution in [0.15, 0.2) is 36.4 Å². The second-order valence-electron chi connectivity index (χ2n) is 7.82. The minimum absolute atomic E-state index is 0.150. The Morgan fingerprint density at radius 2 is 1.83 bits per heavy atom. The van der Waals surface area contributed by atoms with E-state index in [9.17, 15) is 9.18 Å². The molecule has 2 aromatic rings. The van der Waals surface area contributed by atoms with Crippen molar-refractivity contribution in [3.63, 3.8) is 0 Å². The van der Waals surface area contributed by atoms with Crippen molar-refractivity contribution in [2.24, 2.45) is 0 Å². The third-order valence-electron chi connectivity index (χ3n) is 5.68. The molecule has 0 bridgehead atoms. The van der Waals surface area contributed by atoms with Crippen molar-refractivity contribution in [2.45, 2.75) is 38.8 Å². The van der Waals surface area contributed by atoms with Crippen molar-refractivity contribution in [1.29, 1.82) is 0 Å². The van der Waals surface area contributed by atoms with Crippen LogP contribution in [0, 0.1) is 5.82 Å². The fraction of sp³-hybridized carbons (Fsp3) is 0.435. The Labute approximate surface area is 176 Å². The number of hydrogen-bond donors (Lipinski definition) is 0. The van der Waals surface area contributed by atoms with Gasteiger partial charge in [-0.15, -0.1) is 0 Å². The van der Waals surface area contributed by atoms with Gasteiger partial charge in [0.05, 0.1) is 17.2 Å². The first-order valence-electron chi connectivity index (χ1n) is 10.3. The molecule has 0 spiro atoms. The highest BCUT2D eigenvalue weighted by Gasteiger charge is 2.26. The zero-order valence-electron chi connectivity index (χ0n) is 16.5. The summed E-state index contributed by atoms with van der Waals surface area (Å²) in [4.78, 5) is 17.0. The minimum atomic E-state index is -0.280. The Morgan fingerprint density at radius 1 is 1.03 bits per heavy atom. The number of piperidine rings is 1. The lowest BCUT2D eigenvalue weighted by molar-refractivity contribution is 0.0751. The van der Waals surface area contributed by atoms with Gasteiger partial charge in [0.15, 0.2) is 0 Å². The Balaban J connectivity index is 1.31. The Bertz CT molecular complexity index is 883. The average Bonchev–Trinajstić information content (AvgIpc) is 3.15. The number of fused-ring (bicyclic) bond motifs is 1. The van der Waals surface area contributed by atoms with Gasteiger partial charge in [0.25, 0.3) is 5.91 Å². The van der Waals surface area contributed by atoms with Crippen LogP contribution in [0.25, 0.3) is 0 Å². The summed E-state index contributed by atoms with van der Waals surface area (Å²) in [6.07, 6.45) is 4.91. The first kappa shape index (κ1) is 20.2. The molecule has 1 saturated heterocycles. The molecule has 2 aliphatic rings. The van der Waals surface area contributed by atoms with Crippen molar-refractivity contribution in [1.82, 2.24) is 9.80 Å². The Hall–Kier alpha value is -2.11. The molecule has 2 heterocycles. The maximum atomic E-state index is 13.4. The zero-order valence-corrected chi connectivity index (χ0v) is 17.3. The van der Waals surface area contributed by atoms with Gasteiger partial charge in [-0.1, -0.05) is 24.1 Å². The van der Waals surface area contributed by atoms with E-state index in [4.69, 9.17) is 16.3 Å². The molecule has 2 aromatic carbocycles. The van der Waals surface area contributed by atoms with Gasteiger partial charge in [0.1, 0.15) is 11.6 Å². The van der Waals surface area contributed by atoms with Crippen molar-refractivity contribution in [3.05, 3.63) is 63.9 Å². The maximum Gasteiger partial charge on any atom is 0.255 e. The lowest BCUT2D eigenvalue weighted by Gasteiger charge is -2.26. The molecule has 0 N–H and O–H groups in total. The number of benzene rings is 2. The highest BCUT2D eigenvalue weighted by atomic mass is 35.5. The molecular formula is C23H26ClFN2O2. The minimum Gasteiger partial charge on any atom is -0.493 e. The molecule has 1 fully saturated rings. The number of amides is 1. The third-order valence-corrected chi connectivity index (χ3v) is 6.00. The van der Waals surface area contributed by atoms with Gasteiger partial charge in [-0.2, -0.15) is 0 Å². The summed E-state index contributed by atoms with van der Waals surface area (Å²) < 4.78 is 19.2. The lowest BCUT2D eigenvalue weighted by Crippen LogP contribution is -2.31. The number of nitrogens with zero attached hydrogens (tertiary/aromatic N) is 2. The van der Waals surface area contributed by atoms with E-state index in [1.165, 1.54) is 44.5 Å². The summed E-state index contributed by atoms with van der Waals surface area (Å²) in [5.74, 6) is 0.248. The second-order valence-corrected chi connectivity index (χ2v) is 8.23. The van der Waals surface area contributed by atoms with Crippen LogP contribution >= 0.6 is 11.6 Å². The van der Waals surface area contributed by atoms with Crippen LogP contribution in [-0.4, -0.2) is 41.9 Å². The summed E-state index contributed by atoms with van der Waals surface area (Å²) in [5.41, 5.74) is 2.27. The molecule has 0 aliphatic carbocycles. The molecule has 0 aromatic heterocycles. The highest BCUT2D eigenvalue weighted by molar-refractivity contribution is 6.34. The van der Waals surface area contributed by atoms with Gasteiger partial charge >= 0.3 is 0 Å². The molecular weight excluding hydrogens is 391 g/mol. The number of rotatable bonds is 6. The van der Waals surface area contributed by atoms with Gasteiger partial charge in [-0.25, -0.2) is 4.39 Å². The van der Waals surface area contributed by atoms with Crippen LogP contribution in [-0.2, 0) is 13.1 Å². The first-order chi connectivity index (χ1) is 14.1. The molecule has 154 valence electrons. The zero-order chi connectivity index (χ0) is 20.2. The molecule has 0 radical (unpaired) electrons.